The van der Waals surface area contributed by atoms with Crippen LogP contribution in [-0.2, 0) is 0 Å². The van der Waals surface area contributed by atoms with Gasteiger partial charge in [-0.25, -0.2) is 4.98 Å². The van der Waals surface area contributed by atoms with E-state index < -0.39 is 0 Å². The molecule has 19 heavy (non-hydrogen) atoms. The third kappa shape index (κ3) is 3.00. The Morgan fingerprint density at radius 3 is 2.74 bits per heavy atom. The van der Waals surface area contributed by atoms with Crippen molar-refractivity contribution in [3.63, 3.8) is 0 Å². The van der Waals surface area contributed by atoms with Crippen LogP contribution in [0, 0.1) is 19.3 Å². The summed E-state index contributed by atoms with van der Waals surface area (Å²) in [5, 5.41) is 10.5. The van der Waals surface area contributed by atoms with Crippen molar-refractivity contribution in [2.75, 3.05) is 12.4 Å². The molecule has 0 bridgehead atoms. The van der Waals surface area contributed by atoms with E-state index in [1.807, 2.05) is 26.0 Å². The maximum atomic E-state index is 7.21. The molecule has 0 aliphatic carbocycles. The number of methoxy groups -OCH3 is 1. The molecule has 7 heteroatoms. The summed E-state index contributed by atoms with van der Waals surface area (Å²) in [5.41, 5.74) is 7.82. The summed E-state index contributed by atoms with van der Waals surface area (Å²) in [4.78, 5) is 9.74. The summed E-state index contributed by atoms with van der Waals surface area (Å²) in [5.74, 6) is 0.631. The van der Waals surface area contributed by atoms with Crippen molar-refractivity contribution in [1.82, 2.24) is 9.97 Å². The number of nitrogens with two attached hydrogens (primary N) is 1. The minimum Gasteiger partial charge on any atom is -0.497 e. The van der Waals surface area contributed by atoms with Crippen LogP contribution in [0.3, 0.4) is 0 Å². The lowest BCUT2D eigenvalue weighted by molar-refractivity contribution is 0.414. The Balaban J connectivity index is 2.43. The van der Waals surface area contributed by atoms with Gasteiger partial charge in [0.25, 0.3) is 0 Å². The quantitative estimate of drug-likeness (QED) is 0.590. The third-order valence-electron chi connectivity index (χ3n) is 2.43. The molecule has 0 aliphatic rings. The maximum Gasteiger partial charge on any atom is 0.192 e. The van der Waals surface area contributed by atoms with Gasteiger partial charge in [-0.15, -0.1) is 0 Å². The molecule has 0 saturated carbocycles. The number of ether oxygens (including phenoxy) is 1. The number of nitrogens with zero attached hydrogens (tertiary/aromatic N) is 2. The Morgan fingerprint density at radius 2 is 2.11 bits per heavy atom. The van der Waals surface area contributed by atoms with Gasteiger partial charge in [0.1, 0.15) is 5.75 Å². The van der Waals surface area contributed by atoms with Crippen molar-refractivity contribution in [3.8, 4) is 16.3 Å². The molecule has 0 unspecified atom stereocenters. The van der Waals surface area contributed by atoms with Gasteiger partial charge >= 0.3 is 0 Å². The van der Waals surface area contributed by atoms with Gasteiger partial charge in [-0.05, 0) is 13.8 Å². The summed E-state index contributed by atoms with van der Waals surface area (Å²) >= 11 is 1.41. The van der Waals surface area contributed by atoms with E-state index in [0.717, 1.165) is 27.7 Å². The lowest BCUT2D eigenvalue weighted by Gasteiger charge is -2.04. The van der Waals surface area contributed by atoms with E-state index in [1.54, 1.807) is 7.11 Å². The highest BCUT2D eigenvalue weighted by molar-refractivity contribution is 7.19. The smallest absolute Gasteiger partial charge is 0.192 e. The predicted molar refractivity (Wildman–Crippen MR) is 76.9 cm³/mol. The number of aryl methyl sites for hydroxylation is 2. The molecule has 2 rings (SSSR count). The minimum atomic E-state index is -0.130. The topological polar surface area (TPSA) is 96.9 Å². The Morgan fingerprint density at radius 1 is 1.37 bits per heavy atom. The molecule has 0 atom stereocenters. The van der Waals surface area contributed by atoms with Crippen molar-refractivity contribution in [2.24, 2.45) is 5.73 Å². The van der Waals surface area contributed by atoms with Gasteiger partial charge in [-0.1, -0.05) is 11.3 Å². The SMILES string of the molecule is COc1cc(C)nc(-c2sc(NC(=N)N)nc2C)c1. The van der Waals surface area contributed by atoms with E-state index in [0.29, 0.717) is 5.13 Å². The van der Waals surface area contributed by atoms with Gasteiger partial charge in [0, 0.05) is 17.8 Å². The van der Waals surface area contributed by atoms with Crippen LogP contribution in [0.25, 0.3) is 10.6 Å². The Labute approximate surface area is 115 Å². The first kappa shape index (κ1) is 13.3. The fraction of sp³-hybridized carbons (Fsp3) is 0.250. The molecule has 6 nitrogen and oxygen atoms in total. The molecule has 4 N–H and O–H groups in total. The molecule has 2 aromatic heterocycles. The largest absolute Gasteiger partial charge is 0.497 e. The predicted octanol–water partition coefficient (Wildman–Crippen LogP) is 2.14. The van der Waals surface area contributed by atoms with Crippen LogP contribution in [0.5, 0.6) is 5.75 Å². The van der Waals surface area contributed by atoms with Gasteiger partial charge in [-0.3, -0.25) is 10.4 Å². The molecule has 0 aromatic carbocycles. The highest BCUT2D eigenvalue weighted by Gasteiger charge is 2.12. The lowest BCUT2D eigenvalue weighted by atomic mass is 10.2. The molecular formula is C12H15N5OS. The van der Waals surface area contributed by atoms with E-state index in [9.17, 15) is 0 Å². The van der Waals surface area contributed by atoms with Gasteiger partial charge in [0.15, 0.2) is 11.1 Å². The Kier molecular flexibility index (Phi) is 3.66. The van der Waals surface area contributed by atoms with Crippen molar-refractivity contribution < 1.29 is 4.74 Å². The van der Waals surface area contributed by atoms with Crippen LogP contribution in [0.4, 0.5) is 5.13 Å². The summed E-state index contributed by atoms with van der Waals surface area (Å²) in [7, 11) is 1.63. The number of anilines is 1. The first-order valence-electron chi connectivity index (χ1n) is 5.61. The van der Waals surface area contributed by atoms with E-state index in [4.69, 9.17) is 15.9 Å². The second-order valence-corrected chi connectivity index (χ2v) is 5.00. The van der Waals surface area contributed by atoms with Crippen LogP contribution < -0.4 is 15.8 Å². The fourth-order valence-electron chi connectivity index (χ4n) is 1.67. The average molecular weight is 277 g/mol. The van der Waals surface area contributed by atoms with Crippen LogP contribution in [-0.4, -0.2) is 23.0 Å². The van der Waals surface area contributed by atoms with E-state index in [-0.39, 0.29) is 5.96 Å². The first-order chi connectivity index (χ1) is 8.99. The molecule has 0 spiro atoms. The van der Waals surface area contributed by atoms with Crippen molar-refractivity contribution in [1.29, 1.82) is 5.41 Å². The van der Waals surface area contributed by atoms with E-state index in [1.165, 1.54) is 11.3 Å². The highest BCUT2D eigenvalue weighted by atomic mass is 32.1. The summed E-state index contributed by atoms with van der Waals surface area (Å²) in [6, 6.07) is 3.74. The third-order valence-corrected chi connectivity index (χ3v) is 3.53. The maximum absolute atomic E-state index is 7.21. The van der Waals surface area contributed by atoms with Crippen molar-refractivity contribution >= 4 is 22.4 Å². The molecule has 0 radical (unpaired) electrons. The van der Waals surface area contributed by atoms with Gasteiger partial charge in [0.05, 0.1) is 23.4 Å². The standard InChI is InChI=1S/C12H15N5OS/c1-6-4-8(18-3)5-9(15-6)10-7(2)16-12(19-10)17-11(13)14/h4-5H,1-3H3,(H4,13,14,16,17). The highest BCUT2D eigenvalue weighted by Crippen LogP contribution is 2.33. The number of aromatic nitrogens is 2. The number of pyridine rings is 1. The monoisotopic (exact) mass is 277 g/mol. The van der Waals surface area contributed by atoms with Gasteiger partial charge < -0.3 is 15.8 Å². The summed E-state index contributed by atoms with van der Waals surface area (Å²) in [6.07, 6.45) is 0. The molecule has 0 saturated heterocycles. The van der Waals surface area contributed by atoms with Crippen molar-refractivity contribution in [3.05, 3.63) is 23.5 Å². The number of rotatable bonds is 3. The zero-order valence-corrected chi connectivity index (χ0v) is 11.8. The molecule has 100 valence electrons. The van der Waals surface area contributed by atoms with Crippen LogP contribution in [0.1, 0.15) is 11.4 Å². The second kappa shape index (κ2) is 5.23. The number of hydrogen-bond donors (Lipinski definition) is 3. The molecule has 2 aromatic rings. The summed E-state index contributed by atoms with van der Waals surface area (Å²) < 4.78 is 5.24. The second-order valence-electron chi connectivity index (χ2n) is 4.01. The molecule has 0 fully saturated rings. The molecular weight excluding hydrogens is 262 g/mol. The molecule has 0 aliphatic heterocycles. The van der Waals surface area contributed by atoms with Crippen LogP contribution in [0.2, 0.25) is 0 Å². The van der Waals surface area contributed by atoms with Crippen LogP contribution >= 0.6 is 11.3 Å². The molecule has 0 amide bonds. The lowest BCUT2D eigenvalue weighted by Crippen LogP contribution is -2.20. The zero-order chi connectivity index (χ0) is 14.0. The average Bonchev–Trinajstić information content (AvgIpc) is 2.68. The first-order valence-corrected chi connectivity index (χ1v) is 6.42. The number of nitrogens with one attached hydrogen (secondary N) is 2. The minimum absolute atomic E-state index is 0.130. The zero-order valence-electron chi connectivity index (χ0n) is 10.9. The normalized spacial score (nSPS) is 10.3. The number of guanidine groups is 1. The van der Waals surface area contributed by atoms with E-state index >= 15 is 0 Å². The number of thiazole rings is 1. The van der Waals surface area contributed by atoms with Gasteiger partial charge in [-0.2, -0.15) is 0 Å². The molecule has 2 heterocycles. The Bertz CT molecular complexity index is 623. The van der Waals surface area contributed by atoms with Crippen molar-refractivity contribution in [2.45, 2.75) is 13.8 Å². The Hall–Kier alpha value is -2.15. The van der Waals surface area contributed by atoms with Gasteiger partial charge in [0.2, 0.25) is 0 Å². The summed E-state index contributed by atoms with van der Waals surface area (Å²) in [6.45, 7) is 3.81. The van der Waals surface area contributed by atoms with E-state index in [2.05, 4.69) is 15.3 Å². The fourth-order valence-corrected chi connectivity index (χ4v) is 2.61. The van der Waals surface area contributed by atoms with Crippen LogP contribution in [0.15, 0.2) is 12.1 Å². The number of hydrogen-bond acceptors (Lipinski definition) is 5.